The maximum Gasteiger partial charge on any atom is 0.338 e. The van der Waals surface area contributed by atoms with E-state index in [4.69, 9.17) is 21.3 Å². The highest BCUT2D eigenvalue weighted by molar-refractivity contribution is 8.16. The van der Waals surface area contributed by atoms with Crippen LogP contribution in [0.15, 0.2) is 82.0 Å². The summed E-state index contributed by atoms with van der Waals surface area (Å²) in [4.78, 5) is 33.1. The minimum Gasteiger partial charge on any atom is -0.456 e. The summed E-state index contributed by atoms with van der Waals surface area (Å²) in [6.07, 6.45) is 0.147. The van der Waals surface area contributed by atoms with Gasteiger partial charge in [0.25, 0.3) is 0 Å². The summed E-state index contributed by atoms with van der Waals surface area (Å²) in [5.41, 5.74) is 3.04. The van der Waals surface area contributed by atoms with Crippen molar-refractivity contribution in [3.8, 4) is 0 Å². The highest BCUT2D eigenvalue weighted by atomic mass is 35.5. The zero-order valence-corrected chi connectivity index (χ0v) is 22.6. The average molecular weight is 524 g/mol. The normalized spacial score (nSPS) is 18.3. The molecule has 0 aliphatic carbocycles. The van der Waals surface area contributed by atoms with E-state index in [2.05, 4.69) is 5.32 Å². The monoisotopic (exact) mass is 523 g/mol. The van der Waals surface area contributed by atoms with Gasteiger partial charge in [0, 0.05) is 10.7 Å². The van der Waals surface area contributed by atoms with E-state index >= 15 is 0 Å². The Labute approximate surface area is 221 Å². The van der Waals surface area contributed by atoms with E-state index in [0.717, 1.165) is 22.0 Å². The molecule has 0 saturated heterocycles. The summed E-state index contributed by atoms with van der Waals surface area (Å²) >= 11 is 7.61. The fourth-order valence-electron chi connectivity index (χ4n) is 4.21. The number of benzene rings is 2. The molecule has 0 fully saturated rings. The van der Waals surface area contributed by atoms with E-state index in [0.29, 0.717) is 16.3 Å². The summed E-state index contributed by atoms with van der Waals surface area (Å²) in [6, 6.07) is 16.6. The number of aliphatic imine (C=N–C) groups is 1. The van der Waals surface area contributed by atoms with Gasteiger partial charge in [-0.15, -0.1) is 0 Å². The molecule has 0 spiro atoms. The van der Waals surface area contributed by atoms with Crippen LogP contribution in [0, 0.1) is 0 Å². The van der Waals surface area contributed by atoms with Gasteiger partial charge < -0.3 is 15.0 Å². The Morgan fingerprint density at radius 3 is 2.44 bits per heavy atom. The third kappa shape index (κ3) is 5.85. The smallest absolute Gasteiger partial charge is 0.338 e. The molecule has 0 bridgehead atoms. The number of amides is 1. The number of carbonyl (C=O) groups excluding carboxylic acids is 2. The predicted molar refractivity (Wildman–Crippen MR) is 145 cm³/mol. The van der Waals surface area contributed by atoms with Crippen LogP contribution in [0.1, 0.15) is 64.3 Å². The SMILES string of the molecule is CC1=C(C(=O)OC(C)(C)C)[C@@H](c2ccc(Cl)cc2)N2C(CC(=O)N[C@H](C)c3ccccc3)=CSC2=N1. The first-order chi connectivity index (χ1) is 17.0. The number of halogens is 1. The van der Waals surface area contributed by atoms with Crippen molar-refractivity contribution in [2.45, 2.75) is 58.7 Å². The molecule has 6 nitrogen and oxygen atoms in total. The summed E-state index contributed by atoms with van der Waals surface area (Å²) in [5, 5.41) is 6.33. The number of fused-ring (bicyclic) bond motifs is 1. The topological polar surface area (TPSA) is 71.0 Å². The number of ether oxygens (including phenoxy) is 1. The zero-order chi connectivity index (χ0) is 26.0. The van der Waals surface area contributed by atoms with Crippen LogP contribution in [-0.2, 0) is 14.3 Å². The molecule has 0 radical (unpaired) electrons. The molecule has 188 valence electrons. The molecule has 2 aromatic carbocycles. The fourth-order valence-corrected chi connectivity index (χ4v) is 5.30. The average Bonchev–Trinajstić information content (AvgIpc) is 3.19. The number of carbonyl (C=O) groups is 2. The van der Waals surface area contributed by atoms with Crippen LogP contribution in [0.25, 0.3) is 0 Å². The minimum atomic E-state index is -0.662. The van der Waals surface area contributed by atoms with Crippen LogP contribution in [0.4, 0.5) is 0 Å². The van der Waals surface area contributed by atoms with Crippen LogP contribution in [0.3, 0.4) is 0 Å². The number of hydrogen-bond acceptors (Lipinski definition) is 6. The fraction of sp³-hybridized carbons (Fsp3) is 0.321. The van der Waals surface area contributed by atoms with E-state index in [9.17, 15) is 9.59 Å². The Hall–Kier alpha value is -3.03. The molecule has 1 amide bonds. The lowest BCUT2D eigenvalue weighted by molar-refractivity contribution is -0.150. The van der Waals surface area contributed by atoms with E-state index in [1.807, 2.05) is 87.4 Å². The lowest BCUT2D eigenvalue weighted by atomic mass is 9.93. The number of thioether (sulfide) groups is 1. The van der Waals surface area contributed by atoms with Crippen molar-refractivity contribution in [1.82, 2.24) is 10.2 Å². The third-order valence-corrected chi connectivity index (χ3v) is 6.96. The number of nitrogens with one attached hydrogen (secondary N) is 1. The van der Waals surface area contributed by atoms with Crippen LogP contribution in [0.2, 0.25) is 5.02 Å². The van der Waals surface area contributed by atoms with Crippen LogP contribution in [-0.4, -0.2) is 27.5 Å². The predicted octanol–water partition coefficient (Wildman–Crippen LogP) is 6.52. The molecule has 2 heterocycles. The van der Waals surface area contributed by atoms with Crippen molar-refractivity contribution in [2.75, 3.05) is 0 Å². The molecule has 2 aliphatic heterocycles. The quantitative estimate of drug-likeness (QED) is 0.436. The van der Waals surface area contributed by atoms with E-state index in [-0.39, 0.29) is 18.4 Å². The molecule has 8 heteroatoms. The lowest BCUT2D eigenvalue weighted by Gasteiger charge is -2.37. The number of allylic oxidation sites excluding steroid dienone is 1. The van der Waals surface area contributed by atoms with Crippen molar-refractivity contribution in [1.29, 1.82) is 0 Å². The van der Waals surface area contributed by atoms with Gasteiger partial charge in [-0.05, 0) is 63.3 Å². The maximum atomic E-state index is 13.4. The highest BCUT2D eigenvalue weighted by Gasteiger charge is 2.41. The van der Waals surface area contributed by atoms with Crippen molar-refractivity contribution in [3.05, 3.63) is 93.1 Å². The summed E-state index contributed by atoms with van der Waals surface area (Å²) < 4.78 is 5.77. The number of rotatable bonds is 6. The van der Waals surface area contributed by atoms with Crippen LogP contribution >= 0.6 is 23.4 Å². The second-order valence-electron chi connectivity index (χ2n) is 9.82. The second-order valence-corrected chi connectivity index (χ2v) is 11.1. The second kappa shape index (κ2) is 10.5. The van der Waals surface area contributed by atoms with Crippen LogP contribution < -0.4 is 5.32 Å². The van der Waals surface area contributed by atoms with Crippen molar-refractivity contribution in [2.24, 2.45) is 4.99 Å². The van der Waals surface area contributed by atoms with E-state index < -0.39 is 17.6 Å². The van der Waals surface area contributed by atoms with Crippen molar-refractivity contribution in [3.63, 3.8) is 0 Å². The Bertz CT molecular complexity index is 1250. The Balaban J connectivity index is 1.64. The molecule has 1 N–H and O–H groups in total. The maximum absolute atomic E-state index is 13.4. The van der Waals surface area contributed by atoms with Crippen molar-refractivity contribution < 1.29 is 14.3 Å². The summed E-state index contributed by atoms with van der Waals surface area (Å²) in [6.45, 7) is 9.29. The zero-order valence-electron chi connectivity index (χ0n) is 21.0. The van der Waals surface area contributed by atoms with E-state index in [1.165, 1.54) is 11.8 Å². The summed E-state index contributed by atoms with van der Waals surface area (Å²) in [7, 11) is 0. The van der Waals surface area contributed by atoms with Gasteiger partial charge in [0.15, 0.2) is 5.17 Å². The van der Waals surface area contributed by atoms with Crippen LogP contribution in [0.5, 0.6) is 0 Å². The molecule has 0 unspecified atom stereocenters. The molecule has 0 saturated carbocycles. The molecule has 0 aromatic heterocycles. The number of amidine groups is 1. The van der Waals surface area contributed by atoms with Gasteiger partial charge in [0.2, 0.25) is 5.91 Å². The van der Waals surface area contributed by atoms with Gasteiger partial charge in [-0.3, -0.25) is 4.79 Å². The molecular formula is C28H30ClN3O3S. The molecule has 2 aromatic rings. The molecule has 36 heavy (non-hydrogen) atoms. The largest absolute Gasteiger partial charge is 0.456 e. The lowest BCUT2D eigenvalue weighted by Crippen LogP contribution is -2.39. The van der Waals surface area contributed by atoms with Gasteiger partial charge in [-0.25, -0.2) is 9.79 Å². The van der Waals surface area contributed by atoms with Gasteiger partial charge >= 0.3 is 5.97 Å². The van der Waals surface area contributed by atoms with Gasteiger partial charge in [0.05, 0.1) is 29.8 Å². The molecule has 2 aliphatic rings. The summed E-state index contributed by atoms with van der Waals surface area (Å²) in [5.74, 6) is -0.541. The Morgan fingerprint density at radius 2 is 1.81 bits per heavy atom. The Kier molecular flexibility index (Phi) is 7.62. The van der Waals surface area contributed by atoms with Gasteiger partial charge in [0.1, 0.15) is 5.60 Å². The highest BCUT2D eigenvalue weighted by Crippen LogP contribution is 2.45. The number of esters is 1. The first-order valence-corrected chi connectivity index (χ1v) is 13.1. The molecular weight excluding hydrogens is 494 g/mol. The number of nitrogens with zero attached hydrogens (tertiary/aromatic N) is 2. The minimum absolute atomic E-state index is 0.112. The Morgan fingerprint density at radius 1 is 1.14 bits per heavy atom. The first-order valence-electron chi connectivity index (χ1n) is 11.8. The van der Waals surface area contributed by atoms with E-state index in [1.54, 1.807) is 12.1 Å². The third-order valence-electron chi connectivity index (χ3n) is 5.82. The van der Waals surface area contributed by atoms with Gasteiger partial charge in [-0.2, -0.15) is 0 Å². The first kappa shape index (κ1) is 26.0. The molecule has 4 rings (SSSR count). The van der Waals surface area contributed by atoms with Crippen molar-refractivity contribution >= 4 is 40.4 Å². The number of hydrogen-bond donors (Lipinski definition) is 1. The van der Waals surface area contributed by atoms with Gasteiger partial charge in [-0.1, -0.05) is 65.8 Å². The molecule has 2 atom stereocenters. The standard InChI is InChI=1S/C28H30ClN3O3S/c1-17(19-9-7-6-8-10-19)30-23(33)15-22-16-36-27-31-18(2)24(26(34)35-28(3,4)5)25(32(22)27)20-11-13-21(29)14-12-20/h6-14,16-17,25H,15H2,1-5H3,(H,30,33)/t17-,25-/m1/s1.